The zero-order valence-electron chi connectivity index (χ0n) is 17.4. The van der Waals surface area contributed by atoms with Gasteiger partial charge in [-0.15, -0.1) is 0 Å². The van der Waals surface area contributed by atoms with Crippen LogP contribution in [0.2, 0.25) is 0 Å². The number of primary sulfonamides is 1. The number of nitrogens with zero attached hydrogens (tertiary/aromatic N) is 1. The normalized spacial score (nSPS) is 15.1. The van der Waals surface area contributed by atoms with Gasteiger partial charge in [-0.05, 0) is 49.2 Å². The van der Waals surface area contributed by atoms with Crippen LogP contribution in [0.4, 0.5) is 10.1 Å². The first-order valence-electron chi connectivity index (χ1n) is 9.88. The van der Waals surface area contributed by atoms with Gasteiger partial charge in [-0.25, -0.2) is 31.2 Å². The average Bonchev–Trinajstić information content (AvgIpc) is 2.78. The summed E-state index contributed by atoms with van der Waals surface area (Å²) in [5.74, 6) is -2.80. The van der Waals surface area contributed by atoms with Gasteiger partial charge < -0.3 is 10.1 Å². The minimum absolute atomic E-state index is 0.110. The Balaban J connectivity index is 1.67. The number of carbonyl (C=O) groups is 2. The molecule has 1 amide bonds. The van der Waals surface area contributed by atoms with E-state index in [0.717, 1.165) is 30.7 Å². The molecule has 178 valence electrons. The van der Waals surface area contributed by atoms with Crippen molar-refractivity contribution in [1.29, 1.82) is 0 Å². The van der Waals surface area contributed by atoms with Crippen LogP contribution in [-0.4, -0.2) is 52.7 Å². The Morgan fingerprint density at radius 1 is 1.03 bits per heavy atom. The highest BCUT2D eigenvalue weighted by molar-refractivity contribution is 7.89. The molecule has 1 heterocycles. The lowest BCUT2D eigenvalue weighted by Gasteiger charge is -2.26. The number of halogens is 1. The third kappa shape index (κ3) is 6.13. The minimum Gasteiger partial charge on any atom is -0.452 e. The van der Waals surface area contributed by atoms with Gasteiger partial charge in [0.25, 0.3) is 5.91 Å². The van der Waals surface area contributed by atoms with Crippen molar-refractivity contribution >= 4 is 37.6 Å². The van der Waals surface area contributed by atoms with Gasteiger partial charge >= 0.3 is 5.97 Å². The summed E-state index contributed by atoms with van der Waals surface area (Å²) in [7, 11) is -8.10. The first-order chi connectivity index (χ1) is 15.5. The summed E-state index contributed by atoms with van der Waals surface area (Å²) >= 11 is 0. The van der Waals surface area contributed by atoms with E-state index in [9.17, 15) is 30.8 Å². The molecule has 10 nitrogen and oxygen atoms in total. The highest BCUT2D eigenvalue weighted by Crippen LogP contribution is 2.24. The van der Waals surface area contributed by atoms with Gasteiger partial charge in [0.05, 0.1) is 10.5 Å². The fourth-order valence-corrected chi connectivity index (χ4v) is 5.40. The van der Waals surface area contributed by atoms with E-state index in [1.54, 1.807) is 0 Å². The average molecular weight is 500 g/mol. The Kier molecular flexibility index (Phi) is 7.47. The van der Waals surface area contributed by atoms with Crippen LogP contribution < -0.4 is 10.5 Å². The fourth-order valence-electron chi connectivity index (χ4n) is 3.23. The summed E-state index contributed by atoms with van der Waals surface area (Å²) in [5, 5.41) is 7.39. The Bertz CT molecular complexity index is 1270. The second-order valence-electron chi connectivity index (χ2n) is 7.31. The second-order valence-corrected chi connectivity index (χ2v) is 10.8. The molecule has 1 aliphatic heterocycles. The number of anilines is 1. The Labute approximate surface area is 190 Å². The van der Waals surface area contributed by atoms with Crippen LogP contribution in [0.1, 0.15) is 29.6 Å². The molecule has 3 rings (SSSR count). The molecule has 13 heteroatoms. The number of amides is 1. The molecule has 0 radical (unpaired) electrons. The van der Waals surface area contributed by atoms with Crippen LogP contribution in [0.3, 0.4) is 0 Å². The van der Waals surface area contributed by atoms with Crippen LogP contribution in [0.15, 0.2) is 52.3 Å². The number of nitrogens with two attached hydrogens (primary N) is 1. The number of benzene rings is 2. The van der Waals surface area contributed by atoms with Crippen LogP contribution in [0.25, 0.3) is 0 Å². The Morgan fingerprint density at radius 3 is 2.39 bits per heavy atom. The summed E-state index contributed by atoms with van der Waals surface area (Å²) in [4.78, 5) is 23.5. The van der Waals surface area contributed by atoms with Crippen LogP contribution in [0.5, 0.6) is 0 Å². The molecule has 0 saturated carbocycles. The fraction of sp³-hybridized carbons (Fsp3) is 0.300. The van der Waals surface area contributed by atoms with Crippen molar-refractivity contribution in [3.05, 3.63) is 53.8 Å². The summed E-state index contributed by atoms with van der Waals surface area (Å²) in [6, 6.07) is 7.94. The van der Waals surface area contributed by atoms with Crippen LogP contribution >= 0.6 is 0 Å². The summed E-state index contributed by atoms with van der Waals surface area (Å²) in [5.41, 5.74) is -0.129. The summed E-state index contributed by atoms with van der Waals surface area (Å²) in [6.45, 7) is -0.212. The molecular weight excluding hydrogens is 477 g/mol. The first kappa shape index (κ1) is 24.8. The van der Waals surface area contributed by atoms with Gasteiger partial charge in [0.2, 0.25) is 20.0 Å². The number of nitrogens with one attached hydrogen (secondary N) is 1. The summed E-state index contributed by atoms with van der Waals surface area (Å²) < 4.78 is 68.7. The van der Waals surface area contributed by atoms with Crippen molar-refractivity contribution in [1.82, 2.24) is 4.31 Å². The van der Waals surface area contributed by atoms with Crippen molar-refractivity contribution in [3.8, 4) is 0 Å². The molecule has 3 N–H and O–H groups in total. The van der Waals surface area contributed by atoms with E-state index in [4.69, 9.17) is 9.88 Å². The van der Waals surface area contributed by atoms with Gasteiger partial charge in [-0.1, -0.05) is 12.5 Å². The van der Waals surface area contributed by atoms with Gasteiger partial charge in [0, 0.05) is 18.8 Å². The topological polar surface area (TPSA) is 153 Å². The SMILES string of the molecule is NS(=O)(=O)c1cccc(NC(=O)COC(=O)c2ccc(F)c(S(=O)(=O)N3CCCCC3)c2)c1. The Morgan fingerprint density at radius 2 is 1.73 bits per heavy atom. The van der Waals surface area contributed by atoms with E-state index in [0.29, 0.717) is 12.8 Å². The number of sulfonamides is 2. The van der Waals surface area contributed by atoms with E-state index in [1.165, 1.54) is 22.5 Å². The number of hydrogen-bond donors (Lipinski definition) is 2. The van der Waals surface area contributed by atoms with Gasteiger partial charge in [-0.3, -0.25) is 4.79 Å². The van der Waals surface area contributed by atoms with Gasteiger partial charge in [0.15, 0.2) is 6.61 Å². The molecular formula is C20H22FN3O7S2. The highest BCUT2D eigenvalue weighted by atomic mass is 32.2. The minimum atomic E-state index is -4.12. The van der Waals surface area contributed by atoms with E-state index in [1.807, 2.05) is 0 Å². The maximum atomic E-state index is 14.3. The molecule has 2 aromatic carbocycles. The van der Waals surface area contributed by atoms with E-state index < -0.39 is 49.2 Å². The highest BCUT2D eigenvalue weighted by Gasteiger charge is 2.29. The van der Waals surface area contributed by atoms with Gasteiger partial charge in [0.1, 0.15) is 10.7 Å². The van der Waals surface area contributed by atoms with Crippen LogP contribution in [-0.2, 0) is 29.6 Å². The molecule has 0 unspecified atom stereocenters. The van der Waals surface area contributed by atoms with Crippen molar-refractivity contribution in [3.63, 3.8) is 0 Å². The maximum Gasteiger partial charge on any atom is 0.338 e. The third-order valence-electron chi connectivity index (χ3n) is 4.88. The number of esters is 1. The molecule has 2 aromatic rings. The van der Waals surface area contributed by atoms with Crippen molar-refractivity contribution in [2.24, 2.45) is 5.14 Å². The standard InChI is InChI=1S/C20H22FN3O7S2/c21-17-8-7-14(11-18(17)33(29,30)24-9-2-1-3-10-24)20(26)31-13-19(25)23-15-5-4-6-16(12-15)32(22,27)28/h4-8,11-12H,1-3,9-10,13H2,(H,23,25)(H2,22,27,28). The smallest absolute Gasteiger partial charge is 0.338 e. The monoisotopic (exact) mass is 499 g/mol. The molecule has 0 aliphatic carbocycles. The van der Waals surface area contributed by atoms with Gasteiger partial charge in [-0.2, -0.15) is 4.31 Å². The van der Waals surface area contributed by atoms with E-state index >= 15 is 0 Å². The lowest BCUT2D eigenvalue weighted by Crippen LogP contribution is -2.36. The molecule has 0 aromatic heterocycles. The largest absolute Gasteiger partial charge is 0.452 e. The maximum absolute atomic E-state index is 14.3. The Hall–Kier alpha value is -2.87. The molecule has 0 spiro atoms. The lowest BCUT2D eigenvalue weighted by molar-refractivity contribution is -0.119. The molecule has 1 saturated heterocycles. The lowest BCUT2D eigenvalue weighted by atomic mass is 10.2. The summed E-state index contributed by atoms with van der Waals surface area (Å²) in [6.07, 6.45) is 2.21. The zero-order valence-corrected chi connectivity index (χ0v) is 19.0. The first-order valence-corrected chi connectivity index (χ1v) is 12.9. The number of ether oxygens (including phenoxy) is 1. The van der Waals surface area contributed by atoms with Crippen molar-refractivity contribution in [2.45, 2.75) is 29.1 Å². The van der Waals surface area contributed by atoms with E-state index in [-0.39, 0.29) is 29.2 Å². The quantitative estimate of drug-likeness (QED) is 0.547. The number of carbonyl (C=O) groups excluding carboxylic acids is 2. The number of hydrogen-bond acceptors (Lipinski definition) is 7. The molecule has 1 aliphatic rings. The third-order valence-corrected chi connectivity index (χ3v) is 7.71. The molecule has 33 heavy (non-hydrogen) atoms. The molecule has 0 bridgehead atoms. The van der Waals surface area contributed by atoms with E-state index in [2.05, 4.69) is 5.32 Å². The zero-order chi connectivity index (χ0) is 24.2. The van der Waals surface area contributed by atoms with Crippen molar-refractivity contribution in [2.75, 3.05) is 25.0 Å². The second kappa shape index (κ2) is 9.95. The number of piperidine rings is 1. The van der Waals surface area contributed by atoms with Crippen LogP contribution in [0, 0.1) is 5.82 Å². The molecule has 1 fully saturated rings. The number of rotatable bonds is 7. The van der Waals surface area contributed by atoms with Crippen molar-refractivity contribution < 1.29 is 35.6 Å². The molecule has 0 atom stereocenters. The predicted molar refractivity (Wildman–Crippen MR) is 116 cm³/mol. The predicted octanol–water partition coefficient (Wildman–Crippen LogP) is 1.44.